The van der Waals surface area contributed by atoms with Gasteiger partial charge in [-0.1, -0.05) is 17.9 Å². The highest BCUT2D eigenvalue weighted by molar-refractivity contribution is 5.34. The lowest BCUT2D eigenvalue weighted by atomic mass is 10.1. The van der Waals surface area contributed by atoms with E-state index in [2.05, 4.69) is 23.7 Å². The van der Waals surface area contributed by atoms with Crippen LogP contribution < -0.4 is 0 Å². The van der Waals surface area contributed by atoms with Crippen molar-refractivity contribution in [3.63, 3.8) is 0 Å². The summed E-state index contributed by atoms with van der Waals surface area (Å²) < 4.78 is 5.51. The number of rotatable bonds is 2. The van der Waals surface area contributed by atoms with Gasteiger partial charge in [0.25, 0.3) is 0 Å². The molecule has 2 heteroatoms. The van der Waals surface area contributed by atoms with E-state index in [4.69, 9.17) is 9.84 Å². The van der Waals surface area contributed by atoms with Crippen LogP contribution in [0, 0.1) is 23.7 Å². The highest BCUT2D eigenvalue weighted by atomic mass is 16.5. The predicted octanol–water partition coefficient (Wildman–Crippen LogP) is 1.67. The Morgan fingerprint density at radius 1 is 1.19 bits per heavy atom. The lowest BCUT2D eigenvalue weighted by Gasteiger charge is -2.18. The molecule has 2 nitrogen and oxygen atoms in total. The van der Waals surface area contributed by atoms with Gasteiger partial charge < -0.3 is 9.84 Å². The highest BCUT2D eigenvalue weighted by Gasteiger charge is 2.08. The molecule has 0 radical (unpaired) electrons. The minimum Gasteiger partial charge on any atom is -0.392 e. The maximum Gasteiger partial charge on any atom is 0.0764 e. The molecule has 0 saturated carbocycles. The van der Waals surface area contributed by atoms with Crippen LogP contribution in [0.2, 0.25) is 0 Å². The molecule has 1 heterocycles. The minimum absolute atomic E-state index is 0.0149. The second-order valence-electron chi connectivity index (χ2n) is 3.39. The molecule has 1 aliphatic rings. The first-order valence-electron chi connectivity index (χ1n) is 5.48. The van der Waals surface area contributed by atoms with Gasteiger partial charge >= 0.3 is 0 Å². The zero-order chi connectivity index (χ0) is 11.5. The molecule has 1 atom stereocenters. The Labute approximate surface area is 97.0 Å². The molecule has 0 amide bonds. The van der Waals surface area contributed by atoms with Crippen molar-refractivity contribution in [3.8, 4) is 23.7 Å². The van der Waals surface area contributed by atoms with Crippen molar-refractivity contribution < 1.29 is 9.84 Å². The molecule has 0 aromatic heterocycles. The average Bonchev–Trinajstić information content (AvgIpc) is 2.34. The van der Waals surface area contributed by atoms with E-state index < -0.39 is 0 Å². The normalized spacial score (nSPS) is 20.2. The second kappa shape index (κ2) is 8.80. The van der Waals surface area contributed by atoms with Gasteiger partial charge in [0, 0.05) is 6.61 Å². The summed E-state index contributed by atoms with van der Waals surface area (Å²) >= 11 is 0. The summed E-state index contributed by atoms with van der Waals surface area (Å²) in [5, 5.41) is 8.44. The third-order valence-electron chi connectivity index (χ3n) is 2.12. The molecule has 1 fully saturated rings. The molecule has 0 aromatic carbocycles. The van der Waals surface area contributed by atoms with Gasteiger partial charge in [-0.2, -0.15) is 0 Å². The van der Waals surface area contributed by atoms with Crippen LogP contribution in [0.3, 0.4) is 0 Å². The molecular weight excluding hydrogens is 200 g/mol. The predicted molar refractivity (Wildman–Crippen MR) is 64.5 cm³/mol. The number of aliphatic hydroxyl groups excluding tert-OH is 1. The third-order valence-corrected chi connectivity index (χ3v) is 2.12. The van der Waals surface area contributed by atoms with Gasteiger partial charge in [-0.15, -0.1) is 0 Å². The van der Waals surface area contributed by atoms with E-state index in [1.165, 1.54) is 12.8 Å². The molecule has 84 valence electrons. The number of aliphatic hydroxyl groups is 1. The second-order valence-corrected chi connectivity index (χ2v) is 3.39. The number of ether oxygens (including phenoxy) is 1. The number of hydrogen-bond acceptors (Lipinski definition) is 2. The van der Waals surface area contributed by atoms with Gasteiger partial charge in [0.15, 0.2) is 0 Å². The summed E-state index contributed by atoms with van der Waals surface area (Å²) in [5.41, 5.74) is 0. The maximum absolute atomic E-state index is 8.44. The third kappa shape index (κ3) is 6.09. The summed E-state index contributed by atoms with van der Waals surface area (Å²) in [6.07, 6.45) is 10.6. The first-order chi connectivity index (χ1) is 7.93. The largest absolute Gasteiger partial charge is 0.392 e. The van der Waals surface area contributed by atoms with Crippen LogP contribution in [0.15, 0.2) is 24.3 Å². The summed E-state index contributed by atoms with van der Waals surface area (Å²) in [7, 11) is 0. The first-order valence-corrected chi connectivity index (χ1v) is 5.48. The SMILES string of the molecule is OCC=CC#CC#CC=CC1CCCCO1. The Kier molecular flexibility index (Phi) is 6.92. The minimum atomic E-state index is 0.0149. The van der Waals surface area contributed by atoms with Crippen LogP contribution in [0.1, 0.15) is 19.3 Å². The lowest BCUT2D eigenvalue weighted by molar-refractivity contribution is 0.0466. The fourth-order valence-electron chi connectivity index (χ4n) is 1.34. The zero-order valence-corrected chi connectivity index (χ0v) is 9.28. The van der Waals surface area contributed by atoms with Gasteiger partial charge in [-0.25, -0.2) is 0 Å². The average molecular weight is 216 g/mol. The van der Waals surface area contributed by atoms with Crippen molar-refractivity contribution in [1.82, 2.24) is 0 Å². The molecule has 16 heavy (non-hydrogen) atoms. The van der Waals surface area contributed by atoms with E-state index in [-0.39, 0.29) is 12.7 Å². The maximum atomic E-state index is 8.44. The van der Waals surface area contributed by atoms with Crippen molar-refractivity contribution in [2.75, 3.05) is 13.2 Å². The Morgan fingerprint density at radius 3 is 2.69 bits per heavy atom. The van der Waals surface area contributed by atoms with Crippen LogP contribution in [-0.4, -0.2) is 24.4 Å². The fourth-order valence-corrected chi connectivity index (χ4v) is 1.34. The quantitative estimate of drug-likeness (QED) is 0.711. The van der Waals surface area contributed by atoms with E-state index in [0.29, 0.717) is 0 Å². The molecule has 1 rings (SSSR count). The molecule has 1 unspecified atom stereocenters. The number of hydrogen-bond donors (Lipinski definition) is 1. The van der Waals surface area contributed by atoms with Gasteiger partial charge in [-0.05, 0) is 49.3 Å². The standard InChI is InChI=1S/C14H16O2/c15-12-8-5-3-1-2-4-6-10-14-11-7-9-13-16-14/h5-6,8,10,14-15H,7,9,11-13H2. The van der Waals surface area contributed by atoms with Crippen molar-refractivity contribution in [1.29, 1.82) is 0 Å². The molecule has 0 aliphatic carbocycles. The topological polar surface area (TPSA) is 29.5 Å². The smallest absolute Gasteiger partial charge is 0.0764 e. The monoisotopic (exact) mass is 216 g/mol. The van der Waals surface area contributed by atoms with Crippen LogP contribution in [0.25, 0.3) is 0 Å². The first kappa shape index (κ1) is 12.6. The molecule has 1 N–H and O–H groups in total. The Bertz CT molecular complexity index is 352. The number of allylic oxidation sites excluding steroid dienone is 2. The summed E-state index contributed by atoms with van der Waals surface area (Å²) in [6.45, 7) is 0.870. The molecule has 1 aliphatic heterocycles. The summed E-state index contributed by atoms with van der Waals surface area (Å²) in [5.74, 6) is 10.9. The molecule has 0 bridgehead atoms. The van der Waals surface area contributed by atoms with Gasteiger partial charge in [-0.3, -0.25) is 0 Å². The van der Waals surface area contributed by atoms with Gasteiger partial charge in [0.2, 0.25) is 0 Å². The van der Waals surface area contributed by atoms with Gasteiger partial charge in [0.05, 0.1) is 12.7 Å². The molecule has 1 saturated heterocycles. The Hall–Kier alpha value is -1.48. The summed E-state index contributed by atoms with van der Waals surface area (Å²) in [6, 6.07) is 0. The van der Waals surface area contributed by atoms with E-state index >= 15 is 0 Å². The lowest BCUT2D eigenvalue weighted by Crippen LogP contribution is -2.15. The van der Waals surface area contributed by atoms with E-state index in [9.17, 15) is 0 Å². The van der Waals surface area contributed by atoms with E-state index in [1.807, 2.05) is 6.08 Å². The Balaban J connectivity index is 2.26. The van der Waals surface area contributed by atoms with Crippen molar-refractivity contribution in [2.45, 2.75) is 25.4 Å². The Morgan fingerprint density at radius 2 is 2.00 bits per heavy atom. The molecule has 0 spiro atoms. The van der Waals surface area contributed by atoms with E-state index in [0.717, 1.165) is 13.0 Å². The zero-order valence-electron chi connectivity index (χ0n) is 9.28. The van der Waals surface area contributed by atoms with Crippen LogP contribution in [0.4, 0.5) is 0 Å². The van der Waals surface area contributed by atoms with Crippen LogP contribution in [0.5, 0.6) is 0 Å². The van der Waals surface area contributed by atoms with Gasteiger partial charge in [0.1, 0.15) is 0 Å². The van der Waals surface area contributed by atoms with Crippen LogP contribution in [-0.2, 0) is 4.74 Å². The van der Waals surface area contributed by atoms with Crippen molar-refractivity contribution in [3.05, 3.63) is 24.3 Å². The fraction of sp³-hybridized carbons (Fsp3) is 0.429. The summed E-state index contributed by atoms with van der Waals surface area (Å²) in [4.78, 5) is 0. The molecule has 0 aromatic rings. The van der Waals surface area contributed by atoms with E-state index in [1.54, 1.807) is 18.2 Å². The van der Waals surface area contributed by atoms with Crippen molar-refractivity contribution >= 4 is 0 Å². The van der Waals surface area contributed by atoms with Crippen LogP contribution >= 0.6 is 0 Å². The molecular formula is C14H16O2. The van der Waals surface area contributed by atoms with Crippen molar-refractivity contribution in [2.24, 2.45) is 0 Å². The highest BCUT2D eigenvalue weighted by Crippen LogP contribution is 2.12.